The molecule has 0 radical (unpaired) electrons. The average Bonchev–Trinajstić information content (AvgIpc) is 2.90. The molecule has 0 atom stereocenters. The fraction of sp³-hybridized carbons (Fsp3) is 0.357. The molecule has 1 N–H and O–H groups in total. The Bertz CT molecular complexity index is 482. The first-order chi connectivity index (χ1) is 8.79. The fourth-order valence-corrected chi connectivity index (χ4v) is 2.11. The minimum Gasteiger partial charge on any atom is -0.349 e. The molecule has 18 heavy (non-hydrogen) atoms. The second-order valence-electron chi connectivity index (χ2n) is 4.41. The number of amides is 1. The molecule has 0 aromatic carbocycles. The van der Waals surface area contributed by atoms with Gasteiger partial charge in [-0.1, -0.05) is 18.9 Å². The van der Waals surface area contributed by atoms with Gasteiger partial charge in [-0.05, 0) is 30.5 Å². The maximum atomic E-state index is 11.9. The van der Waals surface area contributed by atoms with Crippen molar-refractivity contribution in [3.05, 3.63) is 35.7 Å². The highest BCUT2D eigenvalue weighted by Crippen LogP contribution is 2.18. The molecule has 1 aromatic heterocycles. The van der Waals surface area contributed by atoms with Gasteiger partial charge in [0.2, 0.25) is 0 Å². The summed E-state index contributed by atoms with van der Waals surface area (Å²) in [5, 5.41) is 11.9. The van der Waals surface area contributed by atoms with E-state index in [1.807, 2.05) is 12.1 Å². The second kappa shape index (κ2) is 5.97. The monoisotopic (exact) mass is 241 g/mol. The van der Waals surface area contributed by atoms with Crippen LogP contribution in [-0.4, -0.2) is 16.9 Å². The van der Waals surface area contributed by atoms with Crippen LogP contribution in [0.15, 0.2) is 30.1 Å². The predicted octanol–water partition coefficient (Wildman–Crippen LogP) is 2.05. The lowest BCUT2D eigenvalue weighted by atomic mass is 10.1. The third-order valence-electron chi connectivity index (χ3n) is 3.05. The van der Waals surface area contributed by atoms with Gasteiger partial charge in [-0.25, -0.2) is 0 Å². The summed E-state index contributed by atoms with van der Waals surface area (Å²) < 4.78 is 0. The molecule has 0 saturated heterocycles. The van der Waals surface area contributed by atoms with E-state index in [0.29, 0.717) is 0 Å². The van der Waals surface area contributed by atoms with Crippen LogP contribution in [0.5, 0.6) is 0 Å². The second-order valence-corrected chi connectivity index (χ2v) is 4.41. The van der Waals surface area contributed by atoms with Crippen LogP contribution in [0.3, 0.4) is 0 Å². The highest BCUT2D eigenvalue weighted by Gasteiger charge is 2.19. The zero-order valence-corrected chi connectivity index (χ0v) is 10.1. The Hall–Kier alpha value is -2.15. The van der Waals surface area contributed by atoms with Crippen molar-refractivity contribution in [1.29, 1.82) is 5.26 Å². The van der Waals surface area contributed by atoms with E-state index in [0.717, 1.165) is 31.2 Å². The Balaban J connectivity index is 2.06. The molecule has 0 aliphatic heterocycles. The average molecular weight is 241 g/mol. The van der Waals surface area contributed by atoms with E-state index in [9.17, 15) is 4.79 Å². The Morgan fingerprint density at radius 2 is 2.28 bits per heavy atom. The first-order valence-corrected chi connectivity index (χ1v) is 6.12. The maximum Gasteiger partial charge on any atom is 0.262 e. The first-order valence-electron chi connectivity index (χ1n) is 6.12. The summed E-state index contributed by atoms with van der Waals surface area (Å²) in [5.74, 6) is -0.284. The van der Waals surface area contributed by atoms with Gasteiger partial charge in [0.1, 0.15) is 11.6 Å². The summed E-state index contributed by atoms with van der Waals surface area (Å²) >= 11 is 0. The van der Waals surface area contributed by atoms with Crippen molar-refractivity contribution in [2.75, 3.05) is 0 Å². The number of nitrogens with zero attached hydrogens (tertiary/aromatic N) is 2. The van der Waals surface area contributed by atoms with E-state index in [4.69, 9.17) is 5.26 Å². The molecule has 1 saturated carbocycles. The van der Waals surface area contributed by atoms with Gasteiger partial charge < -0.3 is 5.32 Å². The van der Waals surface area contributed by atoms with Crippen LogP contribution >= 0.6 is 0 Å². The molecule has 1 aromatic rings. The van der Waals surface area contributed by atoms with Gasteiger partial charge in [-0.3, -0.25) is 9.78 Å². The van der Waals surface area contributed by atoms with Gasteiger partial charge in [0.05, 0.1) is 0 Å². The molecule has 1 aliphatic rings. The number of nitrogens with one attached hydrogen (secondary N) is 1. The van der Waals surface area contributed by atoms with Gasteiger partial charge in [0.15, 0.2) is 0 Å². The Kier molecular flexibility index (Phi) is 4.08. The van der Waals surface area contributed by atoms with E-state index in [1.54, 1.807) is 24.5 Å². The largest absolute Gasteiger partial charge is 0.349 e. The number of hydrogen-bond acceptors (Lipinski definition) is 3. The molecule has 92 valence electrons. The lowest BCUT2D eigenvalue weighted by molar-refractivity contribution is -0.117. The van der Waals surface area contributed by atoms with E-state index in [2.05, 4.69) is 10.3 Å². The summed E-state index contributed by atoms with van der Waals surface area (Å²) in [4.78, 5) is 15.9. The van der Waals surface area contributed by atoms with Crippen LogP contribution < -0.4 is 5.32 Å². The summed E-state index contributed by atoms with van der Waals surface area (Å²) in [5.41, 5.74) is 0.894. The van der Waals surface area contributed by atoms with Crippen molar-refractivity contribution < 1.29 is 4.79 Å². The molecule has 4 heteroatoms. The molecule has 0 spiro atoms. The normalized spacial score (nSPS) is 16.3. The molecule has 1 fully saturated rings. The molecule has 2 rings (SSSR count). The van der Waals surface area contributed by atoms with Crippen molar-refractivity contribution in [2.24, 2.45) is 0 Å². The fourth-order valence-electron chi connectivity index (χ4n) is 2.11. The summed E-state index contributed by atoms with van der Waals surface area (Å²) in [6.45, 7) is 0. The number of rotatable bonds is 3. The van der Waals surface area contributed by atoms with Gasteiger partial charge in [0, 0.05) is 18.4 Å². The minimum absolute atomic E-state index is 0.134. The molecule has 1 heterocycles. The summed E-state index contributed by atoms with van der Waals surface area (Å²) in [7, 11) is 0. The Morgan fingerprint density at radius 1 is 1.50 bits per heavy atom. The van der Waals surface area contributed by atoms with E-state index in [1.165, 1.54) is 0 Å². The smallest absolute Gasteiger partial charge is 0.262 e. The van der Waals surface area contributed by atoms with Crippen molar-refractivity contribution in [3.63, 3.8) is 0 Å². The number of pyridine rings is 1. The lowest BCUT2D eigenvalue weighted by Gasteiger charge is -2.10. The summed E-state index contributed by atoms with van der Waals surface area (Å²) in [6.07, 6.45) is 9.17. The van der Waals surface area contributed by atoms with Crippen molar-refractivity contribution in [3.8, 4) is 6.07 Å². The molecule has 4 nitrogen and oxygen atoms in total. The van der Waals surface area contributed by atoms with Crippen LogP contribution in [0.1, 0.15) is 31.2 Å². The molecular formula is C14H15N3O. The van der Waals surface area contributed by atoms with Crippen molar-refractivity contribution in [2.45, 2.75) is 31.7 Å². The topological polar surface area (TPSA) is 65.8 Å². The minimum atomic E-state index is -0.284. The SMILES string of the molecule is N#C/C(=C\c1cccnc1)C(=O)NC1CCCC1. The zero-order valence-electron chi connectivity index (χ0n) is 10.1. The highest BCUT2D eigenvalue weighted by atomic mass is 16.1. The number of hydrogen-bond donors (Lipinski definition) is 1. The van der Waals surface area contributed by atoms with Crippen LogP contribution in [-0.2, 0) is 4.79 Å². The van der Waals surface area contributed by atoms with E-state index in [-0.39, 0.29) is 17.5 Å². The Morgan fingerprint density at radius 3 is 2.89 bits per heavy atom. The molecule has 0 bridgehead atoms. The molecule has 0 unspecified atom stereocenters. The summed E-state index contributed by atoms with van der Waals surface area (Å²) in [6, 6.07) is 5.76. The first kappa shape index (κ1) is 12.3. The number of aromatic nitrogens is 1. The number of carbonyl (C=O) groups is 1. The van der Waals surface area contributed by atoms with Crippen LogP contribution in [0.25, 0.3) is 6.08 Å². The number of nitriles is 1. The Labute approximate surface area is 106 Å². The number of carbonyl (C=O) groups excluding carboxylic acids is 1. The third-order valence-corrected chi connectivity index (χ3v) is 3.05. The van der Waals surface area contributed by atoms with Crippen LogP contribution in [0, 0.1) is 11.3 Å². The lowest BCUT2D eigenvalue weighted by Crippen LogP contribution is -2.33. The maximum absolute atomic E-state index is 11.9. The van der Waals surface area contributed by atoms with Gasteiger partial charge in [0.25, 0.3) is 5.91 Å². The predicted molar refractivity (Wildman–Crippen MR) is 68.2 cm³/mol. The standard InChI is InChI=1S/C14H15N3O/c15-9-12(8-11-4-3-7-16-10-11)14(18)17-13-5-1-2-6-13/h3-4,7-8,10,13H,1-2,5-6H2,(H,17,18)/b12-8+. The molecular weight excluding hydrogens is 226 g/mol. The van der Waals surface area contributed by atoms with Crippen LogP contribution in [0.2, 0.25) is 0 Å². The van der Waals surface area contributed by atoms with Crippen LogP contribution in [0.4, 0.5) is 0 Å². The van der Waals surface area contributed by atoms with Crippen molar-refractivity contribution >= 4 is 12.0 Å². The third kappa shape index (κ3) is 3.17. The van der Waals surface area contributed by atoms with E-state index < -0.39 is 0 Å². The quantitative estimate of drug-likeness (QED) is 0.650. The molecule has 1 amide bonds. The highest BCUT2D eigenvalue weighted by molar-refractivity contribution is 6.01. The van der Waals surface area contributed by atoms with Gasteiger partial charge in [-0.15, -0.1) is 0 Å². The van der Waals surface area contributed by atoms with Gasteiger partial charge >= 0.3 is 0 Å². The van der Waals surface area contributed by atoms with E-state index >= 15 is 0 Å². The van der Waals surface area contributed by atoms with Crippen molar-refractivity contribution in [1.82, 2.24) is 10.3 Å². The molecule has 1 aliphatic carbocycles. The van der Waals surface area contributed by atoms with Gasteiger partial charge in [-0.2, -0.15) is 5.26 Å². The zero-order chi connectivity index (χ0) is 12.8.